The van der Waals surface area contributed by atoms with Crippen LogP contribution >= 0.6 is 15.9 Å². The largest absolute Gasteiger partial charge is 0.481 e. The Morgan fingerprint density at radius 2 is 1.84 bits per heavy atom. The highest BCUT2D eigenvalue weighted by Crippen LogP contribution is 2.35. The van der Waals surface area contributed by atoms with Crippen molar-refractivity contribution in [3.8, 4) is 11.4 Å². The molecule has 1 saturated heterocycles. The van der Waals surface area contributed by atoms with Crippen LogP contribution in [-0.4, -0.2) is 52.3 Å². The number of methoxy groups -OCH3 is 1. The van der Waals surface area contributed by atoms with Crippen LogP contribution in [0, 0.1) is 5.92 Å². The maximum Gasteiger partial charge on any atom is 0.416 e. The number of hydrogen-bond donors (Lipinski definition) is 2. The number of halogens is 4. The number of carboxylic acids is 1. The first kappa shape index (κ1) is 27.4. The summed E-state index contributed by atoms with van der Waals surface area (Å²) in [5.74, 6) is 0.718. The second-order valence-electron chi connectivity index (χ2n) is 9.44. The molecule has 200 valence electrons. The summed E-state index contributed by atoms with van der Waals surface area (Å²) in [7, 11) is 1.73. The third-order valence-electron chi connectivity index (χ3n) is 6.94. The Kier molecular flexibility index (Phi) is 8.74. The van der Waals surface area contributed by atoms with Crippen molar-refractivity contribution in [1.82, 2.24) is 15.0 Å². The predicted molar refractivity (Wildman–Crippen MR) is 138 cm³/mol. The summed E-state index contributed by atoms with van der Waals surface area (Å²) >= 11 is 3.19. The number of H-pyrrole nitrogens is 1. The number of benzene rings is 1. The number of ether oxygens (including phenoxy) is 1. The van der Waals surface area contributed by atoms with Crippen molar-refractivity contribution in [2.24, 2.45) is 5.92 Å². The number of pyridine rings is 1. The average molecular weight is 583 g/mol. The minimum Gasteiger partial charge on any atom is -0.481 e. The number of fused-ring (bicyclic) bond motifs is 1. The molecule has 2 fully saturated rings. The molecule has 0 unspecified atom stereocenters. The molecule has 5 rings (SSSR count). The smallest absolute Gasteiger partial charge is 0.416 e. The summed E-state index contributed by atoms with van der Waals surface area (Å²) in [5, 5.41) is 8.54. The molecular weight excluding hydrogens is 553 g/mol. The van der Waals surface area contributed by atoms with E-state index in [0.717, 1.165) is 69.6 Å². The average Bonchev–Trinajstić information content (AvgIpc) is 3.34. The van der Waals surface area contributed by atoms with Crippen molar-refractivity contribution in [1.29, 1.82) is 0 Å². The normalized spacial score (nSPS) is 17.5. The number of alkyl halides is 3. The van der Waals surface area contributed by atoms with Crippen molar-refractivity contribution in [2.75, 3.05) is 25.1 Å². The number of carboxylic acid groups (broad SMARTS) is 1. The Bertz CT molecular complexity index is 1200. The highest BCUT2D eigenvalue weighted by Gasteiger charge is 2.31. The van der Waals surface area contributed by atoms with Gasteiger partial charge in [-0.15, -0.1) is 0 Å². The Balaban J connectivity index is 0.000000301. The molecule has 1 aliphatic carbocycles. The first-order valence-electron chi connectivity index (χ1n) is 12.4. The number of imidazole rings is 1. The second-order valence-corrected chi connectivity index (χ2v) is 10.3. The second kappa shape index (κ2) is 11.8. The molecule has 0 amide bonds. The number of nitrogens with zero attached hydrogens (tertiary/aromatic N) is 3. The van der Waals surface area contributed by atoms with Gasteiger partial charge in [0, 0.05) is 36.4 Å². The molecule has 0 bridgehead atoms. The van der Waals surface area contributed by atoms with Crippen LogP contribution in [0.4, 0.5) is 19.0 Å². The van der Waals surface area contributed by atoms with E-state index in [1.165, 1.54) is 6.42 Å². The van der Waals surface area contributed by atoms with Crippen molar-refractivity contribution in [2.45, 2.75) is 57.2 Å². The predicted octanol–water partition coefficient (Wildman–Crippen LogP) is 6.67. The molecule has 2 N–H and O–H groups in total. The zero-order valence-corrected chi connectivity index (χ0v) is 22.1. The van der Waals surface area contributed by atoms with Gasteiger partial charge in [0.2, 0.25) is 0 Å². The zero-order valence-electron chi connectivity index (χ0n) is 20.5. The highest BCUT2D eigenvalue weighted by atomic mass is 79.9. The summed E-state index contributed by atoms with van der Waals surface area (Å²) in [4.78, 5) is 24.5. The standard InChI is InChI=1S/C19H18BrF3N4O.C7H12O2/c1-28-13-4-6-27(7-5-13)16-3-2-11(10-24-16)18-25-15-9-12(19(21,22)23)8-14(20)17(15)26-18;8-7(9)6-4-2-1-3-5-6/h2-3,8-10,13H,4-7H2,1H3,(H,25,26);6H,1-5H2,(H,8,9). The van der Waals surface area contributed by atoms with Crippen LogP contribution in [0.3, 0.4) is 0 Å². The van der Waals surface area contributed by atoms with Crippen molar-refractivity contribution in [3.63, 3.8) is 0 Å². The van der Waals surface area contributed by atoms with E-state index in [1.54, 1.807) is 13.3 Å². The topological polar surface area (TPSA) is 91.3 Å². The molecule has 11 heteroatoms. The number of anilines is 1. The quantitative estimate of drug-likeness (QED) is 0.357. The van der Waals surface area contributed by atoms with Crippen molar-refractivity contribution in [3.05, 3.63) is 40.5 Å². The van der Waals surface area contributed by atoms with Crippen LogP contribution in [0.5, 0.6) is 0 Å². The Morgan fingerprint density at radius 1 is 1.14 bits per heavy atom. The molecule has 3 aromatic rings. The molecule has 1 saturated carbocycles. The van der Waals surface area contributed by atoms with Crippen LogP contribution in [0.2, 0.25) is 0 Å². The number of rotatable bonds is 4. The number of nitrogens with one attached hydrogen (secondary N) is 1. The zero-order chi connectivity index (χ0) is 26.6. The van der Waals surface area contributed by atoms with Gasteiger partial charge in [0.25, 0.3) is 0 Å². The third-order valence-corrected chi connectivity index (χ3v) is 7.55. The molecule has 0 radical (unpaired) electrons. The van der Waals surface area contributed by atoms with Crippen molar-refractivity contribution < 1.29 is 27.8 Å². The number of piperidine rings is 1. The molecule has 2 aliphatic rings. The monoisotopic (exact) mass is 582 g/mol. The lowest BCUT2D eigenvalue weighted by atomic mass is 9.90. The first-order valence-corrected chi connectivity index (χ1v) is 13.2. The summed E-state index contributed by atoms with van der Waals surface area (Å²) in [5.41, 5.74) is 0.762. The van der Waals surface area contributed by atoms with Gasteiger partial charge in [-0.25, -0.2) is 9.97 Å². The lowest BCUT2D eigenvalue weighted by Crippen LogP contribution is -2.37. The highest BCUT2D eigenvalue weighted by molar-refractivity contribution is 9.10. The maximum atomic E-state index is 13.0. The van der Waals surface area contributed by atoms with E-state index in [0.29, 0.717) is 33.0 Å². The summed E-state index contributed by atoms with van der Waals surface area (Å²) in [6.07, 6.45) is 4.72. The fourth-order valence-electron chi connectivity index (χ4n) is 4.76. The van der Waals surface area contributed by atoms with Gasteiger partial charge in [-0.2, -0.15) is 13.2 Å². The molecule has 7 nitrogen and oxygen atoms in total. The summed E-state index contributed by atoms with van der Waals surface area (Å²) in [6.45, 7) is 1.76. The van der Waals surface area contributed by atoms with Gasteiger partial charge in [-0.1, -0.05) is 19.3 Å². The first-order chi connectivity index (χ1) is 17.7. The minimum absolute atomic E-state index is 0.0289. The van der Waals surface area contributed by atoms with Crippen molar-refractivity contribution >= 4 is 38.8 Å². The Hall–Kier alpha value is -2.66. The van der Waals surface area contributed by atoms with E-state index in [-0.39, 0.29) is 5.92 Å². The summed E-state index contributed by atoms with van der Waals surface area (Å²) in [6, 6.07) is 5.89. The molecule has 3 heterocycles. The van der Waals surface area contributed by atoms with E-state index in [9.17, 15) is 18.0 Å². The Labute approximate surface area is 221 Å². The van der Waals surface area contributed by atoms with Gasteiger partial charge in [0.15, 0.2) is 0 Å². The SMILES string of the molecule is COC1CCN(c2ccc(-c3nc4c(Br)cc(C(F)(F)F)cc4[nH]3)cn2)CC1.O=C(O)C1CCCCC1. The van der Waals surface area contributed by atoms with Gasteiger partial charge in [-0.3, -0.25) is 4.79 Å². The fraction of sp³-hybridized carbons (Fsp3) is 0.500. The van der Waals surface area contributed by atoms with Crippen LogP contribution in [0.1, 0.15) is 50.5 Å². The van der Waals surface area contributed by atoms with Gasteiger partial charge in [0.05, 0.1) is 23.1 Å². The van der Waals surface area contributed by atoms with E-state index in [1.807, 2.05) is 12.1 Å². The number of aromatic nitrogens is 3. The van der Waals surface area contributed by atoms with E-state index in [4.69, 9.17) is 9.84 Å². The summed E-state index contributed by atoms with van der Waals surface area (Å²) < 4.78 is 44.7. The molecule has 0 atom stereocenters. The molecule has 0 spiro atoms. The molecule has 37 heavy (non-hydrogen) atoms. The molecule has 2 aromatic heterocycles. The molecule has 1 aromatic carbocycles. The number of hydrogen-bond acceptors (Lipinski definition) is 5. The molecule has 1 aliphatic heterocycles. The lowest BCUT2D eigenvalue weighted by molar-refractivity contribution is -0.142. The maximum absolute atomic E-state index is 13.0. The van der Waals surface area contributed by atoms with Crippen LogP contribution in [0.15, 0.2) is 34.9 Å². The minimum atomic E-state index is -4.42. The van der Waals surface area contributed by atoms with E-state index >= 15 is 0 Å². The van der Waals surface area contributed by atoms with Crippen LogP contribution in [0.25, 0.3) is 22.4 Å². The number of aromatic amines is 1. The Morgan fingerprint density at radius 3 is 2.38 bits per heavy atom. The molecular formula is C26H30BrF3N4O3. The number of carbonyl (C=O) groups is 1. The van der Waals surface area contributed by atoms with E-state index in [2.05, 4.69) is 35.8 Å². The van der Waals surface area contributed by atoms with Gasteiger partial charge in [-0.05, 0) is 65.9 Å². The van der Waals surface area contributed by atoms with Gasteiger partial charge < -0.3 is 19.7 Å². The van der Waals surface area contributed by atoms with Crippen LogP contribution < -0.4 is 4.90 Å². The van der Waals surface area contributed by atoms with Gasteiger partial charge >= 0.3 is 12.1 Å². The lowest BCUT2D eigenvalue weighted by Gasteiger charge is -2.32. The van der Waals surface area contributed by atoms with Crippen LogP contribution in [-0.2, 0) is 15.7 Å². The number of aliphatic carboxylic acids is 1. The van der Waals surface area contributed by atoms with E-state index < -0.39 is 17.7 Å². The fourth-order valence-corrected chi connectivity index (χ4v) is 5.31. The van der Waals surface area contributed by atoms with Gasteiger partial charge in [0.1, 0.15) is 17.2 Å². The third kappa shape index (κ3) is 6.81.